The monoisotopic (exact) mass is 243 g/mol. The van der Waals surface area contributed by atoms with E-state index in [-0.39, 0.29) is 0 Å². The first kappa shape index (κ1) is 11.4. The van der Waals surface area contributed by atoms with Gasteiger partial charge in [-0.2, -0.15) is 5.26 Å². The van der Waals surface area contributed by atoms with Gasteiger partial charge in [-0.25, -0.2) is 0 Å². The molecule has 0 amide bonds. The minimum absolute atomic E-state index is 0.333. The van der Waals surface area contributed by atoms with Crippen molar-refractivity contribution < 1.29 is 4.74 Å². The number of rotatable bonds is 3. The van der Waals surface area contributed by atoms with Gasteiger partial charge in [-0.1, -0.05) is 0 Å². The highest BCUT2D eigenvalue weighted by Crippen LogP contribution is 2.40. The van der Waals surface area contributed by atoms with Crippen molar-refractivity contribution in [1.82, 2.24) is 0 Å². The van der Waals surface area contributed by atoms with E-state index in [4.69, 9.17) is 15.7 Å². The van der Waals surface area contributed by atoms with Gasteiger partial charge in [0.15, 0.2) is 0 Å². The summed E-state index contributed by atoms with van der Waals surface area (Å²) in [5.41, 5.74) is 8.10. The van der Waals surface area contributed by atoms with E-state index < -0.39 is 0 Å². The van der Waals surface area contributed by atoms with Crippen molar-refractivity contribution in [1.29, 1.82) is 5.26 Å². The normalized spacial score (nSPS) is 26.8. The largest absolute Gasteiger partial charge is 0.397 e. The fourth-order valence-corrected chi connectivity index (χ4v) is 2.62. The molecular weight excluding hydrogens is 226 g/mol. The van der Waals surface area contributed by atoms with E-state index in [1.807, 2.05) is 6.07 Å². The minimum atomic E-state index is 0.333. The first-order chi connectivity index (χ1) is 8.78. The molecule has 2 atom stereocenters. The molecule has 0 radical (unpaired) electrons. The molecule has 2 aliphatic rings. The fraction of sp³-hybridized carbons (Fsp3) is 0.500. The predicted molar refractivity (Wildman–Crippen MR) is 70.1 cm³/mol. The van der Waals surface area contributed by atoms with Crippen LogP contribution in [-0.4, -0.2) is 18.8 Å². The Balaban J connectivity index is 1.74. The third kappa shape index (κ3) is 2.14. The van der Waals surface area contributed by atoms with Crippen LogP contribution in [0.25, 0.3) is 0 Å². The molecular formula is C14H17N3O. The van der Waals surface area contributed by atoms with Gasteiger partial charge in [0.2, 0.25) is 0 Å². The van der Waals surface area contributed by atoms with Gasteiger partial charge in [-0.05, 0) is 43.4 Å². The molecule has 1 saturated carbocycles. The van der Waals surface area contributed by atoms with Gasteiger partial charge in [0.1, 0.15) is 0 Å². The van der Waals surface area contributed by atoms with Crippen LogP contribution in [0.5, 0.6) is 0 Å². The fourth-order valence-electron chi connectivity index (χ4n) is 2.62. The Bertz CT molecular complexity index is 490. The Kier molecular flexibility index (Phi) is 2.85. The lowest BCUT2D eigenvalue weighted by Gasteiger charge is -2.21. The molecule has 18 heavy (non-hydrogen) atoms. The van der Waals surface area contributed by atoms with Gasteiger partial charge >= 0.3 is 0 Å². The zero-order valence-corrected chi connectivity index (χ0v) is 10.2. The van der Waals surface area contributed by atoms with E-state index in [1.54, 1.807) is 12.1 Å². The summed E-state index contributed by atoms with van der Waals surface area (Å²) < 4.78 is 5.79. The average Bonchev–Trinajstić information content (AvgIpc) is 3.12. The van der Waals surface area contributed by atoms with Crippen molar-refractivity contribution in [3.8, 4) is 6.07 Å². The van der Waals surface area contributed by atoms with Crippen molar-refractivity contribution in [3.05, 3.63) is 23.8 Å². The van der Waals surface area contributed by atoms with Crippen molar-refractivity contribution in [2.45, 2.75) is 31.4 Å². The molecule has 0 bridgehead atoms. The van der Waals surface area contributed by atoms with Crippen LogP contribution >= 0.6 is 0 Å². The molecule has 1 aliphatic carbocycles. The number of benzene rings is 1. The molecule has 1 aliphatic heterocycles. The summed E-state index contributed by atoms with van der Waals surface area (Å²) in [4.78, 5) is 0. The highest BCUT2D eigenvalue weighted by atomic mass is 16.5. The van der Waals surface area contributed by atoms with Gasteiger partial charge in [0, 0.05) is 6.61 Å². The number of ether oxygens (including phenoxy) is 1. The molecule has 1 aromatic carbocycles. The predicted octanol–water partition coefficient (Wildman–Crippen LogP) is 2.12. The second-order valence-electron chi connectivity index (χ2n) is 5.13. The molecule has 3 rings (SSSR count). The van der Waals surface area contributed by atoms with Crippen LogP contribution in [0, 0.1) is 17.2 Å². The Morgan fingerprint density at radius 3 is 2.83 bits per heavy atom. The summed E-state index contributed by atoms with van der Waals surface area (Å²) in [5, 5.41) is 12.3. The highest BCUT2D eigenvalue weighted by Gasteiger charge is 2.40. The van der Waals surface area contributed by atoms with Crippen LogP contribution in [0.15, 0.2) is 18.2 Å². The zero-order valence-electron chi connectivity index (χ0n) is 10.2. The van der Waals surface area contributed by atoms with Crippen LogP contribution in [0.4, 0.5) is 11.4 Å². The quantitative estimate of drug-likeness (QED) is 0.798. The number of nitrogens with one attached hydrogen (secondary N) is 1. The summed E-state index contributed by atoms with van der Waals surface area (Å²) in [5.74, 6) is 0.726. The molecule has 2 unspecified atom stereocenters. The molecule has 2 fully saturated rings. The van der Waals surface area contributed by atoms with E-state index in [9.17, 15) is 0 Å². The lowest BCUT2D eigenvalue weighted by molar-refractivity contribution is 0.0898. The number of hydrogen-bond acceptors (Lipinski definition) is 4. The molecule has 4 heteroatoms. The zero-order chi connectivity index (χ0) is 12.5. The van der Waals surface area contributed by atoms with Crippen LogP contribution in [0.2, 0.25) is 0 Å². The van der Waals surface area contributed by atoms with E-state index in [2.05, 4.69) is 11.4 Å². The Morgan fingerprint density at radius 2 is 2.17 bits per heavy atom. The summed E-state index contributed by atoms with van der Waals surface area (Å²) in [7, 11) is 0. The number of nitrogen functional groups attached to an aromatic ring is 1. The molecule has 1 saturated heterocycles. The minimum Gasteiger partial charge on any atom is -0.397 e. The maximum Gasteiger partial charge on any atom is 0.0992 e. The molecule has 3 N–H and O–H groups in total. The maximum atomic E-state index is 8.81. The first-order valence-corrected chi connectivity index (χ1v) is 6.45. The lowest BCUT2D eigenvalue weighted by Crippen LogP contribution is -2.31. The molecule has 1 heterocycles. The van der Waals surface area contributed by atoms with Crippen LogP contribution in [-0.2, 0) is 4.74 Å². The Morgan fingerprint density at radius 1 is 1.33 bits per heavy atom. The van der Waals surface area contributed by atoms with Gasteiger partial charge in [-0.15, -0.1) is 0 Å². The number of hydrogen-bond donors (Lipinski definition) is 2. The number of anilines is 2. The topological polar surface area (TPSA) is 71.1 Å². The molecule has 0 spiro atoms. The van der Waals surface area contributed by atoms with Crippen molar-refractivity contribution in [2.24, 2.45) is 5.92 Å². The SMILES string of the molecule is N#Cc1ccc(NC2CCOC2C2CC2)c(N)c1. The average molecular weight is 243 g/mol. The van der Waals surface area contributed by atoms with Crippen LogP contribution in [0.1, 0.15) is 24.8 Å². The lowest BCUT2D eigenvalue weighted by atomic mass is 10.1. The first-order valence-electron chi connectivity index (χ1n) is 6.45. The van der Waals surface area contributed by atoms with E-state index in [1.165, 1.54) is 12.8 Å². The van der Waals surface area contributed by atoms with Crippen molar-refractivity contribution in [2.75, 3.05) is 17.7 Å². The molecule has 0 aromatic heterocycles. The third-order valence-electron chi connectivity index (χ3n) is 3.74. The Hall–Kier alpha value is -1.73. The summed E-state index contributed by atoms with van der Waals surface area (Å²) >= 11 is 0. The number of nitrogens with two attached hydrogens (primary N) is 1. The smallest absolute Gasteiger partial charge is 0.0992 e. The molecule has 1 aromatic rings. The Labute approximate surface area is 107 Å². The van der Waals surface area contributed by atoms with Gasteiger partial charge in [0.25, 0.3) is 0 Å². The highest BCUT2D eigenvalue weighted by molar-refractivity contribution is 5.68. The second-order valence-corrected chi connectivity index (χ2v) is 5.13. The van der Waals surface area contributed by atoms with E-state index in [0.29, 0.717) is 23.4 Å². The van der Waals surface area contributed by atoms with Crippen LogP contribution in [0.3, 0.4) is 0 Å². The van der Waals surface area contributed by atoms with Crippen LogP contribution < -0.4 is 11.1 Å². The second kappa shape index (κ2) is 4.51. The number of nitrogens with zero attached hydrogens (tertiary/aromatic N) is 1. The van der Waals surface area contributed by atoms with Crippen molar-refractivity contribution in [3.63, 3.8) is 0 Å². The van der Waals surface area contributed by atoms with Gasteiger partial charge in [-0.3, -0.25) is 0 Å². The van der Waals surface area contributed by atoms with Gasteiger partial charge < -0.3 is 15.8 Å². The molecule has 94 valence electrons. The number of nitriles is 1. The standard InChI is InChI=1S/C14H17N3O/c15-8-9-1-4-12(11(16)7-9)17-13-5-6-18-14(13)10-2-3-10/h1,4,7,10,13-14,17H,2-3,5-6,16H2. The molecule has 4 nitrogen and oxygen atoms in total. The maximum absolute atomic E-state index is 8.81. The van der Waals surface area contributed by atoms with Crippen molar-refractivity contribution >= 4 is 11.4 Å². The third-order valence-corrected chi connectivity index (χ3v) is 3.74. The van der Waals surface area contributed by atoms with E-state index >= 15 is 0 Å². The summed E-state index contributed by atoms with van der Waals surface area (Å²) in [6.45, 7) is 0.828. The summed E-state index contributed by atoms with van der Waals surface area (Å²) in [6.07, 6.45) is 3.93. The van der Waals surface area contributed by atoms with Gasteiger partial charge in [0.05, 0.1) is 35.2 Å². The summed E-state index contributed by atoms with van der Waals surface area (Å²) in [6, 6.07) is 7.84. The van der Waals surface area contributed by atoms with E-state index in [0.717, 1.165) is 24.6 Å².